The number of aliphatic hydroxyl groups excluding tert-OH is 1. The van der Waals surface area contributed by atoms with Crippen LogP contribution >= 0.6 is 23.1 Å². The van der Waals surface area contributed by atoms with Crippen LogP contribution in [0.3, 0.4) is 0 Å². The third-order valence-corrected chi connectivity index (χ3v) is 6.40. The second-order valence-electron chi connectivity index (χ2n) is 5.52. The van der Waals surface area contributed by atoms with Crippen LogP contribution < -0.4 is 0 Å². The van der Waals surface area contributed by atoms with Crippen molar-refractivity contribution in [3.05, 3.63) is 21.4 Å². The van der Waals surface area contributed by atoms with E-state index in [9.17, 15) is 4.79 Å². The highest BCUT2D eigenvalue weighted by Crippen LogP contribution is 2.34. The summed E-state index contributed by atoms with van der Waals surface area (Å²) in [5, 5.41) is 9.03. The molecule has 0 atom stereocenters. The molecule has 20 heavy (non-hydrogen) atoms. The van der Waals surface area contributed by atoms with Crippen molar-refractivity contribution in [1.82, 2.24) is 4.90 Å². The molecule has 1 aliphatic carbocycles. The molecule has 1 amide bonds. The first-order valence-corrected chi connectivity index (χ1v) is 9.38. The van der Waals surface area contributed by atoms with Crippen LogP contribution in [-0.2, 0) is 12.2 Å². The van der Waals surface area contributed by atoms with Crippen molar-refractivity contribution in [3.8, 4) is 0 Å². The molecule has 0 unspecified atom stereocenters. The number of aliphatic hydroxyl groups is 1. The summed E-state index contributed by atoms with van der Waals surface area (Å²) in [5.74, 6) is 2.42. The summed E-state index contributed by atoms with van der Waals surface area (Å²) in [6, 6.07) is 2.52. The quantitative estimate of drug-likeness (QED) is 0.909. The highest BCUT2D eigenvalue weighted by atomic mass is 32.2. The highest BCUT2D eigenvalue weighted by molar-refractivity contribution is 7.98. The molecule has 1 aromatic rings. The van der Waals surface area contributed by atoms with Crippen molar-refractivity contribution >= 4 is 29.0 Å². The van der Waals surface area contributed by atoms with E-state index in [1.54, 1.807) is 11.3 Å². The summed E-state index contributed by atoms with van der Waals surface area (Å²) >= 11 is 3.65. The van der Waals surface area contributed by atoms with Crippen molar-refractivity contribution in [2.75, 3.05) is 18.9 Å². The third kappa shape index (κ3) is 2.90. The zero-order valence-electron chi connectivity index (χ0n) is 11.6. The van der Waals surface area contributed by atoms with Gasteiger partial charge >= 0.3 is 0 Å². The summed E-state index contributed by atoms with van der Waals surface area (Å²) in [5.41, 5.74) is 1.37. The van der Waals surface area contributed by atoms with Crippen LogP contribution in [0.4, 0.5) is 0 Å². The van der Waals surface area contributed by atoms with E-state index in [2.05, 4.69) is 6.07 Å². The zero-order valence-corrected chi connectivity index (χ0v) is 13.3. The summed E-state index contributed by atoms with van der Waals surface area (Å²) in [6.45, 7) is 0.853. The number of aryl methyl sites for hydroxylation is 1. The molecule has 1 fully saturated rings. The number of nitrogens with zero attached hydrogens (tertiary/aromatic N) is 1. The summed E-state index contributed by atoms with van der Waals surface area (Å²) < 4.78 is 0. The second-order valence-corrected chi connectivity index (χ2v) is 7.76. The minimum absolute atomic E-state index is 0.161. The Hall–Kier alpha value is -0.520. The molecule has 1 aliphatic heterocycles. The van der Waals surface area contributed by atoms with Gasteiger partial charge in [0.1, 0.15) is 0 Å². The van der Waals surface area contributed by atoms with Gasteiger partial charge in [-0.1, -0.05) is 0 Å². The molecule has 1 aromatic heterocycles. The SMILES string of the molecule is O=C(c1cc2c(s1)CCSC2)N(CCCO)C1CCC1. The smallest absolute Gasteiger partial charge is 0.264 e. The Morgan fingerprint density at radius 1 is 1.45 bits per heavy atom. The summed E-state index contributed by atoms with van der Waals surface area (Å²) in [6.07, 6.45) is 5.27. The van der Waals surface area contributed by atoms with Crippen molar-refractivity contribution < 1.29 is 9.90 Å². The number of carbonyl (C=O) groups excluding carboxylic acids is 1. The third-order valence-electron chi connectivity index (χ3n) is 4.17. The van der Waals surface area contributed by atoms with Gasteiger partial charge in [-0.25, -0.2) is 0 Å². The van der Waals surface area contributed by atoms with Gasteiger partial charge in [-0.2, -0.15) is 11.8 Å². The molecular weight excluding hydrogens is 290 g/mol. The van der Waals surface area contributed by atoms with Crippen LogP contribution in [0.1, 0.15) is 45.8 Å². The van der Waals surface area contributed by atoms with E-state index in [0.717, 1.165) is 29.9 Å². The number of thiophene rings is 1. The standard InChI is InChI=1S/C15H21NO2S2/c17-7-2-6-16(12-3-1-4-12)15(18)14-9-11-10-19-8-5-13(11)20-14/h9,12,17H,1-8,10H2. The molecule has 0 aromatic carbocycles. The molecule has 1 N–H and O–H groups in total. The van der Waals surface area contributed by atoms with Gasteiger partial charge in [-0.3, -0.25) is 4.79 Å². The number of hydrogen-bond donors (Lipinski definition) is 1. The van der Waals surface area contributed by atoms with Crippen LogP contribution in [0.5, 0.6) is 0 Å². The van der Waals surface area contributed by atoms with Crippen LogP contribution in [0.25, 0.3) is 0 Å². The van der Waals surface area contributed by atoms with Gasteiger partial charge in [0.2, 0.25) is 0 Å². The lowest BCUT2D eigenvalue weighted by Crippen LogP contribution is -2.44. The van der Waals surface area contributed by atoms with Gasteiger partial charge in [-0.15, -0.1) is 11.3 Å². The van der Waals surface area contributed by atoms with Gasteiger partial charge in [-0.05, 0) is 49.5 Å². The maximum absolute atomic E-state index is 12.8. The molecule has 1 saturated carbocycles. The number of amides is 1. The van der Waals surface area contributed by atoms with Gasteiger partial charge in [0.15, 0.2) is 0 Å². The molecular formula is C15H21NO2S2. The first kappa shape index (κ1) is 14.4. The van der Waals surface area contributed by atoms with Gasteiger partial charge < -0.3 is 10.0 Å². The maximum atomic E-state index is 12.8. The Labute approximate surface area is 128 Å². The molecule has 2 aliphatic rings. The number of hydrogen-bond acceptors (Lipinski definition) is 4. The normalized spacial score (nSPS) is 18.4. The first-order chi connectivity index (χ1) is 9.79. The molecule has 3 rings (SSSR count). The van der Waals surface area contributed by atoms with Crippen LogP contribution in [0.15, 0.2) is 6.07 Å². The fraction of sp³-hybridized carbons (Fsp3) is 0.667. The first-order valence-electron chi connectivity index (χ1n) is 7.40. The Morgan fingerprint density at radius 3 is 2.95 bits per heavy atom. The van der Waals surface area contributed by atoms with Gasteiger partial charge in [0, 0.05) is 29.8 Å². The van der Waals surface area contributed by atoms with Gasteiger partial charge in [0.05, 0.1) is 4.88 Å². The second kappa shape index (κ2) is 6.50. The Bertz CT molecular complexity index is 459. The van der Waals surface area contributed by atoms with E-state index in [-0.39, 0.29) is 12.5 Å². The molecule has 0 radical (unpaired) electrons. The lowest BCUT2D eigenvalue weighted by Gasteiger charge is -2.37. The average molecular weight is 311 g/mol. The number of thioether (sulfide) groups is 1. The Balaban J connectivity index is 1.75. The van der Waals surface area contributed by atoms with Crippen molar-refractivity contribution in [2.24, 2.45) is 0 Å². The fourth-order valence-electron chi connectivity index (χ4n) is 2.78. The number of rotatable bonds is 5. The molecule has 3 nitrogen and oxygen atoms in total. The van der Waals surface area contributed by atoms with Crippen molar-refractivity contribution in [2.45, 2.75) is 43.9 Å². The zero-order chi connectivity index (χ0) is 13.9. The highest BCUT2D eigenvalue weighted by Gasteiger charge is 2.30. The van der Waals surface area contributed by atoms with E-state index in [4.69, 9.17) is 5.11 Å². The maximum Gasteiger partial charge on any atom is 0.264 e. The van der Waals surface area contributed by atoms with Gasteiger partial charge in [0.25, 0.3) is 5.91 Å². The lowest BCUT2D eigenvalue weighted by molar-refractivity contribution is 0.0567. The largest absolute Gasteiger partial charge is 0.396 e. The van der Waals surface area contributed by atoms with E-state index < -0.39 is 0 Å². The molecule has 110 valence electrons. The van der Waals surface area contributed by atoms with Crippen molar-refractivity contribution in [3.63, 3.8) is 0 Å². The van der Waals surface area contributed by atoms with Crippen LogP contribution in [0.2, 0.25) is 0 Å². The molecule has 0 bridgehead atoms. The van der Waals surface area contributed by atoms with Crippen LogP contribution in [-0.4, -0.2) is 40.9 Å². The fourth-order valence-corrected chi connectivity index (χ4v) is 5.11. The topological polar surface area (TPSA) is 40.5 Å². The minimum atomic E-state index is 0.161. The predicted molar refractivity (Wildman–Crippen MR) is 84.6 cm³/mol. The van der Waals surface area contributed by atoms with E-state index in [0.29, 0.717) is 19.0 Å². The summed E-state index contributed by atoms with van der Waals surface area (Å²) in [4.78, 5) is 17.1. The molecule has 2 heterocycles. The van der Waals surface area contributed by atoms with Crippen molar-refractivity contribution in [1.29, 1.82) is 0 Å². The predicted octanol–water partition coefficient (Wildman–Crippen LogP) is 2.91. The van der Waals surface area contributed by atoms with E-state index >= 15 is 0 Å². The number of carbonyl (C=O) groups is 1. The Kier molecular flexibility index (Phi) is 4.68. The number of fused-ring (bicyclic) bond motifs is 1. The van der Waals surface area contributed by atoms with Crippen LogP contribution in [0, 0.1) is 0 Å². The minimum Gasteiger partial charge on any atom is -0.396 e. The molecule has 0 spiro atoms. The lowest BCUT2D eigenvalue weighted by atomic mass is 9.91. The Morgan fingerprint density at radius 2 is 2.30 bits per heavy atom. The molecule has 0 saturated heterocycles. The average Bonchev–Trinajstić information content (AvgIpc) is 2.84. The monoisotopic (exact) mass is 311 g/mol. The summed E-state index contributed by atoms with van der Waals surface area (Å²) in [7, 11) is 0. The molecule has 5 heteroatoms. The van der Waals surface area contributed by atoms with E-state index in [1.807, 2.05) is 16.7 Å². The van der Waals surface area contributed by atoms with E-state index in [1.165, 1.54) is 22.6 Å².